The summed E-state index contributed by atoms with van der Waals surface area (Å²) in [5.41, 5.74) is -0.115. The highest BCUT2D eigenvalue weighted by Crippen LogP contribution is 2.36. The van der Waals surface area contributed by atoms with Crippen LogP contribution >= 0.6 is 46.4 Å². The average molecular weight is 469 g/mol. The predicted molar refractivity (Wildman–Crippen MR) is 105 cm³/mol. The Morgan fingerprint density at radius 1 is 0.889 bits per heavy atom. The van der Waals surface area contributed by atoms with Gasteiger partial charge in [-0.25, -0.2) is 13.4 Å². The van der Waals surface area contributed by atoms with Gasteiger partial charge < -0.3 is 4.90 Å². The number of carbonyl (C=O) groups excluding carboxylic acids is 1. The minimum atomic E-state index is -3.61. The Morgan fingerprint density at radius 3 is 2.07 bits per heavy atom. The molecular formula is C16H13Cl4N3O3S. The molecule has 1 aromatic carbocycles. The largest absolute Gasteiger partial charge is 0.335 e. The first kappa shape index (κ1) is 20.6. The van der Waals surface area contributed by atoms with Crippen LogP contribution in [0.4, 0.5) is 0 Å². The van der Waals surface area contributed by atoms with Crippen molar-refractivity contribution < 1.29 is 13.2 Å². The molecule has 1 aliphatic heterocycles. The second-order valence-electron chi connectivity index (χ2n) is 5.70. The predicted octanol–water partition coefficient (Wildman–Crippen LogP) is 3.84. The maximum Gasteiger partial charge on any atom is 0.274 e. The van der Waals surface area contributed by atoms with Gasteiger partial charge in [0.25, 0.3) is 5.91 Å². The first-order valence-corrected chi connectivity index (χ1v) is 10.7. The third-order valence-corrected chi connectivity index (χ3v) is 7.68. The van der Waals surface area contributed by atoms with Crippen LogP contribution in [0.5, 0.6) is 0 Å². The number of carbonyl (C=O) groups is 1. The van der Waals surface area contributed by atoms with Gasteiger partial charge in [-0.15, -0.1) is 0 Å². The number of aromatic nitrogens is 1. The lowest BCUT2D eigenvalue weighted by Gasteiger charge is -2.34. The third-order valence-electron chi connectivity index (χ3n) is 4.09. The van der Waals surface area contributed by atoms with Gasteiger partial charge >= 0.3 is 0 Å². The highest BCUT2D eigenvalue weighted by molar-refractivity contribution is 7.89. The lowest BCUT2D eigenvalue weighted by Crippen LogP contribution is -2.50. The minimum absolute atomic E-state index is 0.0290. The summed E-state index contributed by atoms with van der Waals surface area (Å²) in [6, 6.07) is 8.14. The fourth-order valence-corrected chi connectivity index (χ4v) is 4.90. The van der Waals surface area contributed by atoms with Crippen LogP contribution in [0.15, 0.2) is 35.2 Å². The van der Waals surface area contributed by atoms with E-state index in [-0.39, 0.29) is 57.0 Å². The minimum Gasteiger partial charge on any atom is -0.335 e. The van der Waals surface area contributed by atoms with Crippen molar-refractivity contribution in [1.82, 2.24) is 14.2 Å². The molecule has 144 valence electrons. The molecule has 6 nitrogen and oxygen atoms in total. The van der Waals surface area contributed by atoms with Crippen molar-refractivity contribution in [2.45, 2.75) is 4.90 Å². The van der Waals surface area contributed by atoms with Gasteiger partial charge in [-0.2, -0.15) is 4.31 Å². The fraction of sp³-hybridized carbons (Fsp3) is 0.250. The summed E-state index contributed by atoms with van der Waals surface area (Å²) >= 11 is 23.8. The van der Waals surface area contributed by atoms with Gasteiger partial charge in [0.2, 0.25) is 10.0 Å². The van der Waals surface area contributed by atoms with Crippen molar-refractivity contribution >= 4 is 62.3 Å². The van der Waals surface area contributed by atoms with Crippen LogP contribution < -0.4 is 0 Å². The van der Waals surface area contributed by atoms with Gasteiger partial charge in [0.1, 0.15) is 10.8 Å². The summed E-state index contributed by atoms with van der Waals surface area (Å²) in [6.45, 7) is 0.660. The van der Waals surface area contributed by atoms with Gasteiger partial charge in [0, 0.05) is 26.2 Å². The van der Waals surface area contributed by atoms with E-state index in [4.69, 9.17) is 46.4 Å². The van der Waals surface area contributed by atoms with E-state index in [2.05, 4.69) is 4.98 Å². The number of sulfonamides is 1. The molecule has 0 N–H and O–H groups in total. The van der Waals surface area contributed by atoms with Crippen LogP contribution in [-0.2, 0) is 10.0 Å². The van der Waals surface area contributed by atoms with Crippen LogP contribution in [0.2, 0.25) is 20.2 Å². The van der Waals surface area contributed by atoms with Crippen molar-refractivity contribution in [1.29, 1.82) is 0 Å². The third kappa shape index (κ3) is 4.04. The Morgan fingerprint density at radius 2 is 1.48 bits per heavy atom. The molecule has 0 radical (unpaired) electrons. The Labute approximate surface area is 176 Å². The van der Waals surface area contributed by atoms with Crippen molar-refractivity contribution in [2.75, 3.05) is 26.2 Å². The van der Waals surface area contributed by atoms with Gasteiger partial charge in [-0.1, -0.05) is 64.6 Å². The lowest BCUT2D eigenvalue weighted by atomic mass is 10.2. The molecule has 2 aromatic rings. The zero-order valence-corrected chi connectivity index (χ0v) is 17.5. The van der Waals surface area contributed by atoms with Gasteiger partial charge in [-0.05, 0) is 12.1 Å². The van der Waals surface area contributed by atoms with E-state index in [0.29, 0.717) is 0 Å². The Kier molecular flexibility index (Phi) is 6.20. The molecule has 0 aliphatic carbocycles. The summed E-state index contributed by atoms with van der Waals surface area (Å²) in [5, 5.41) is -0.291. The molecule has 0 bridgehead atoms. The van der Waals surface area contributed by atoms with E-state index in [1.165, 1.54) is 21.3 Å². The SMILES string of the molecule is O=C(c1nc(Cl)c(Cl)c(Cl)c1Cl)N1CCN(S(=O)(=O)c2ccccc2)CC1. The van der Waals surface area contributed by atoms with Crippen molar-refractivity contribution in [3.05, 3.63) is 56.2 Å². The zero-order valence-electron chi connectivity index (χ0n) is 13.7. The van der Waals surface area contributed by atoms with Gasteiger partial charge in [0.05, 0.1) is 20.0 Å². The lowest BCUT2D eigenvalue weighted by molar-refractivity contribution is 0.0692. The summed E-state index contributed by atoms with van der Waals surface area (Å²) in [5.74, 6) is -0.489. The van der Waals surface area contributed by atoms with E-state index >= 15 is 0 Å². The highest BCUT2D eigenvalue weighted by atomic mass is 35.5. The Bertz CT molecular complexity index is 978. The topological polar surface area (TPSA) is 70.6 Å². The van der Waals surface area contributed by atoms with Crippen molar-refractivity contribution in [2.24, 2.45) is 0 Å². The molecule has 1 amide bonds. The van der Waals surface area contributed by atoms with E-state index in [1.807, 2.05) is 0 Å². The summed E-state index contributed by atoms with van der Waals surface area (Å²) in [4.78, 5) is 18.3. The number of piperazine rings is 1. The van der Waals surface area contributed by atoms with E-state index < -0.39 is 15.9 Å². The first-order chi connectivity index (χ1) is 12.7. The number of hydrogen-bond donors (Lipinski definition) is 0. The number of nitrogens with zero attached hydrogens (tertiary/aromatic N) is 3. The van der Waals surface area contributed by atoms with Gasteiger partial charge in [0.15, 0.2) is 0 Å². The van der Waals surface area contributed by atoms with Crippen molar-refractivity contribution in [3.8, 4) is 0 Å². The Hall–Kier alpha value is -1.09. The number of pyridine rings is 1. The Balaban J connectivity index is 1.76. The first-order valence-electron chi connectivity index (χ1n) is 7.78. The molecule has 27 heavy (non-hydrogen) atoms. The average Bonchev–Trinajstić information content (AvgIpc) is 2.69. The summed E-state index contributed by atoms with van der Waals surface area (Å²) in [6.07, 6.45) is 0. The number of halogens is 4. The molecule has 1 saturated heterocycles. The maximum absolute atomic E-state index is 12.7. The number of amides is 1. The standard InChI is InChI=1S/C16H13Cl4N3O3S/c17-11-12(18)14(21-15(20)13(11)19)16(24)22-6-8-23(9-7-22)27(25,26)10-4-2-1-3-5-10/h1-5H,6-9H2. The molecule has 0 spiro atoms. The molecule has 0 atom stereocenters. The van der Waals surface area contributed by atoms with E-state index in [9.17, 15) is 13.2 Å². The van der Waals surface area contributed by atoms with Crippen molar-refractivity contribution in [3.63, 3.8) is 0 Å². The molecule has 3 rings (SSSR count). The van der Waals surface area contributed by atoms with E-state index in [0.717, 1.165) is 0 Å². The monoisotopic (exact) mass is 467 g/mol. The number of hydrogen-bond acceptors (Lipinski definition) is 4. The molecule has 1 aliphatic rings. The molecule has 11 heteroatoms. The van der Waals surface area contributed by atoms with E-state index in [1.54, 1.807) is 18.2 Å². The van der Waals surface area contributed by atoms with Crippen LogP contribution in [0.3, 0.4) is 0 Å². The summed E-state index contributed by atoms with van der Waals surface area (Å²) < 4.78 is 26.6. The molecule has 1 aromatic heterocycles. The van der Waals surface area contributed by atoms with Crippen LogP contribution in [0.1, 0.15) is 10.5 Å². The second kappa shape index (κ2) is 8.11. The van der Waals surface area contributed by atoms with Crippen LogP contribution in [-0.4, -0.2) is 54.7 Å². The number of rotatable bonds is 3. The zero-order chi connectivity index (χ0) is 19.8. The molecule has 2 heterocycles. The summed E-state index contributed by atoms with van der Waals surface area (Å²) in [7, 11) is -3.61. The van der Waals surface area contributed by atoms with Gasteiger partial charge in [-0.3, -0.25) is 4.79 Å². The van der Waals surface area contributed by atoms with Crippen LogP contribution in [0.25, 0.3) is 0 Å². The smallest absolute Gasteiger partial charge is 0.274 e. The molecule has 0 saturated carbocycles. The fourth-order valence-electron chi connectivity index (χ4n) is 2.65. The highest BCUT2D eigenvalue weighted by Gasteiger charge is 2.32. The van der Waals surface area contributed by atoms with Crippen LogP contribution in [0, 0.1) is 0 Å². The normalized spacial score (nSPS) is 15.8. The second-order valence-corrected chi connectivity index (χ2v) is 9.13. The maximum atomic E-state index is 12.7. The quantitative estimate of drug-likeness (QED) is 0.641. The molecule has 1 fully saturated rings. The molecule has 0 unspecified atom stereocenters. The number of benzene rings is 1. The molecular weight excluding hydrogens is 456 g/mol.